The first-order chi connectivity index (χ1) is 13.6. The highest BCUT2D eigenvalue weighted by atomic mass is 16.5. The summed E-state index contributed by atoms with van der Waals surface area (Å²) in [4.78, 5) is 25.3. The Kier molecular flexibility index (Phi) is 6.01. The lowest BCUT2D eigenvalue weighted by molar-refractivity contribution is 0.102. The van der Waals surface area contributed by atoms with E-state index in [1.165, 1.54) is 7.11 Å². The summed E-state index contributed by atoms with van der Waals surface area (Å²) in [6.45, 7) is 2.28. The standard InChI is InChI=1S/C20H21N5O3/c1-13-23-17(10-19(24-13)22-12-14-5-4-8-21-11-14)20(26)25-16-7-6-15(27-2)9-18(16)28-3/h4-11H,12H2,1-3H3,(H,25,26)(H,22,23,24). The number of anilines is 2. The molecule has 0 bridgehead atoms. The number of nitrogens with zero attached hydrogens (tertiary/aromatic N) is 3. The Hall–Kier alpha value is -3.68. The van der Waals surface area contributed by atoms with Gasteiger partial charge in [0.1, 0.15) is 28.8 Å². The second-order valence-corrected chi connectivity index (χ2v) is 5.92. The van der Waals surface area contributed by atoms with Gasteiger partial charge in [0, 0.05) is 31.1 Å². The Balaban J connectivity index is 1.76. The van der Waals surface area contributed by atoms with Gasteiger partial charge in [0.2, 0.25) is 0 Å². The summed E-state index contributed by atoms with van der Waals surface area (Å²) >= 11 is 0. The van der Waals surface area contributed by atoms with Crippen LogP contribution in [0.3, 0.4) is 0 Å². The molecular weight excluding hydrogens is 358 g/mol. The molecule has 2 heterocycles. The van der Waals surface area contributed by atoms with E-state index in [9.17, 15) is 4.79 Å². The smallest absolute Gasteiger partial charge is 0.274 e. The van der Waals surface area contributed by atoms with E-state index in [0.29, 0.717) is 35.4 Å². The average Bonchev–Trinajstić information content (AvgIpc) is 2.73. The molecule has 0 aliphatic heterocycles. The van der Waals surface area contributed by atoms with Crippen molar-refractivity contribution in [3.63, 3.8) is 0 Å². The molecule has 144 valence electrons. The second kappa shape index (κ2) is 8.81. The number of aryl methyl sites for hydroxylation is 1. The zero-order chi connectivity index (χ0) is 19.9. The topological polar surface area (TPSA) is 98.3 Å². The minimum Gasteiger partial charge on any atom is -0.497 e. The Bertz CT molecular complexity index is 963. The van der Waals surface area contributed by atoms with Gasteiger partial charge >= 0.3 is 0 Å². The summed E-state index contributed by atoms with van der Waals surface area (Å²) in [5, 5.41) is 6.00. The number of hydrogen-bond donors (Lipinski definition) is 2. The van der Waals surface area contributed by atoms with Crippen LogP contribution in [0.15, 0.2) is 48.8 Å². The minimum absolute atomic E-state index is 0.249. The van der Waals surface area contributed by atoms with Crippen molar-refractivity contribution in [2.24, 2.45) is 0 Å². The number of rotatable bonds is 7. The van der Waals surface area contributed by atoms with Gasteiger partial charge in [-0.25, -0.2) is 9.97 Å². The van der Waals surface area contributed by atoms with E-state index in [2.05, 4.69) is 25.6 Å². The Morgan fingerprint density at radius 1 is 1.11 bits per heavy atom. The molecule has 3 aromatic rings. The first kappa shape index (κ1) is 19.1. The summed E-state index contributed by atoms with van der Waals surface area (Å²) in [7, 11) is 3.09. The van der Waals surface area contributed by atoms with E-state index < -0.39 is 0 Å². The predicted molar refractivity (Wildman–Crippen MR) is 106 cm³/mol. The normalized spacial score (nSPS) is 10.2. The van der Waals surface area contributed by atoms with Gasteiger partial charge in [-0.2, -0.15) is 0 Å². The molecule has 0 saturated heterocycles. The Labute approximate surface area is 163 Å². The SMILES string of the molecule is COc1ccc(NC(=O)c2cc(NCc3cccnc3)nc(C)n2)c(OC)c1. The molecular formula is C20H21N5O3. The van der Waals surface area contributed by atoms with Gasteiger partial charge in [0.05, 0.1) is 19.9 Å². The molecule has 0 aliphatic carbocycles. The number of carbonyl (C=O) groups excluding carboxylic acids is 1. The lowest BCUT2D eigenvalue weighted by atomic mass is 10.2. The lowest BCUT2D eigenvalue weighted by Crippen LogP contribution is -2.16. The lowest BCUT2D eigenvalue weighted by Gasteiger charge is -2.12. The zero-order valence-electron chi connectivity index (χ0n) is 15.9. The number of carbonyl (C=O) groups is 1. The van der Waals surface area contributed by atoms with Crippen molar-refractivity contribution >= 4 is 17.4 Å². The van der Waals surface area contributed by atoms with Crippen LogP contribution in [-0.4, -0.2) is 35.1 Å². The second-order valence-electron chi connectivity index (χ2n) is 5.92. The fraction of sp³-hybridized carbons (Fsp3) is 0.200. The Morgan fingerprint density at radius 3 is 2.68 bits per heavy atom. The minimum atomic E-state index is -0.363. The summed E-state index contributed by atoms with van der Waals surface area (Å²) in [6, 6.07) is 10.6. The van der Waals surface area contributed by atoms with Crippen molar-refractivity contribution < 1.29 is 14.3 Å². The van der Waals surface area contributed by atoms with Crippen LogP contribution < -0.4 is 20.1 Å². The third-order valence-corrected chi connectivity index (χ3v) is 3.92. The van der Waals surface area contributed by atoms with Crippen LogP contribution in [0, 0.1) is 6.92 Å². The molecule has 8 nitrogen and oxygen atoms in total. The van der Waals surface area contributed by atoms with Crippen LogP contribution in [0.1, 0.15) is 21.9 Å². The predicted octanol–water partition coefficient (Wildman–Crippen LogP) is 3.06. The van der Waals surface area contributed by atoms with Crippen molar-refractivity contribution in [1.29, 1.82) is 0 Å². The number of pyridine rings is 1. The molecule has 0 atom stereocenters. The summed E-state index contributed by atoms with van der Waals surface area (Å²) in [6.07, 6.45) is 3.48. The monoisotopic (exact) mass is 379 g/mol. The fourth-order valence-electron chi connectivity index (χ4n) is 2.56. The van der Waals surface area contributed by atoms with Crippen LogP contribution in [0.5, 0.6) is 11.5 Å². The molecule has 1 aromatic carbocycles. The third kappa shape index (κ3) is 4.73. The van der Waals surface area contributed by atoms with Crippen LogP contribution >= 0.6 is 0 Å². The number of benzene rings is 1. The van der Waals surface area contributed by atoms with Gasteiger partial charge < -0.3 is 20.1 Å². The van der Waals surface area contributed by atoms with Crippen LogP contribution in [0.4, 0.5) is 11.5 Å². The molecule has 2 N–H and O–H groups in total. The van der Waals surface area contributed by atoms with Gasteiger partial charge in [-0.05, 0) is 30.7 Å². The van der Waals surface area contributed by atoms with E-state index in [4.69, 9.17) is 9.47 Å². The quantitative estimate of drug-likeness (QED) is 0.651. The maximum absolute atomic E-state index is 12.7. The van der Waals surface area contributed by atoms with Gasteiger partial charge in [-0.1, -0.05) is 6.07 Å². The van der Waals surface area contributed by atoms with Gasteiger partial charge in [-0.15, -0.1) is 0 Å². The van der Waals surface area contributed by atoms with E-state index in [1.807, 2.05) is 12.1 Å². The number of aromatic nitrogens is 3. The summed E-state index contributed by atoms with van der Waals surface area (Å²) in [5.41, 5.74) is 1.78. The van der Waals surface area contributed by atoms with Crippen molar-refractivity contribution in [2.75, 3.05) is 24.9 Å². The molecule has 28 heavy (non-hydrogen) atoms. The van der Waals surface area contributed by atoms with Crippen molar-refractivity contribution in [3.05, 3.63) is 65.9 Å². The van der Waals surface area contributed by atoms with Crippen LogP contribution in [0.2, 0.25) is 0 Å². The number of amides is 1. The number of nitrogens with one attached hydrogen (secondary N) is 2. The number of methoxy groups -OCH3 is 2. The van der Waals surface area contributed by atoms with Crippen molar-refractivity contribution in [2.45, 2.75) is 13.5 Å². The molecule has 0 radical (unpaired) electrons. The maximum Gasteiger partial charge on any atom is 0.274 e. The number of hydrogen-bond acceptors (Lipinski definition) is 7. The first-order valence-electron chi connectivity index (χ1n) is 8.61. The van der Waals surface area contributed by atoms with E-state index >= 15 is 0 Å². The zero-order valence-corrected chi connectivity index (χ0v) is 15.9. The summed E-state index contributed by atoms with van der Waals surface area (Å²) < 4.78 is 10.5. The highest BCUT2D eigenvalue weighted by molar-refractivity contribution is 6.04. The first-order valence-corrected chi connectivity index (χ1v) is 8.61. The molecule has 0 fully saturated rings. The van der Waals surface area contributed by atoms with Crippen molar-refractivity contribution in [3.8, 4) is 11.5 Å². The highest BCUT2D eigenvalue weighted by Gasteiger charge is 2.14. The highest BCUT2D eigenvalue weighted by Crippen LogP contribution is 2.29. The van der Waals surface area contributed by atoms with E-state index in [1.54, 1.807) is 50.7 Å². The fourth-order valence-corrected chi connectivity index (χ4v) is 2.56. The molecule has 1 amide bonds. The molecule has 8 heteroatoms. The largest absolute Gasteiger partial charge is 0.497 e. The molecule has 3 rings (SSSR count). The van der Waals surface area contributed by atoms with Crippen LogP contribution in [0.25, 0.3) is 0 Å². The summed E-state index contributed by atoms with van der Waals surface area (Å²) in [5.74, 6) is 1.81. The van der Waals surface area contributed by atoms with Gasteiger partial charge in [0.25, 0.3) is 5.91 Å². The number of ether oxygens (including phenoxy) is 2. The molecule has 0 aliphatic rings. The molecule has 2 aromatic heterocycles. The molecule has 0 spiro atoms. The van der Waals surface area contributed by atoms with Gasteiger partial charge in [-0.3, -0.25) is 9.78 Å². The Morgan fingerprint density at radius 2 is 1.96 bits per heavy atom. The van der Waals surface area contributed by atoms with Crippen molar-refractivity contribution in [1.82, 2.24) is 15.0 Å². The average molecular weight is 379 g/mol. The van der Waals surface area contributed by atoms with Gasteiger partial charge in [0.15, 0.2) is 0 Å². The molecule has 0 unspecified atom stereocenters. The molecule has 0 saturated carbocycles. The van der Waals surface area contributed by atoms with E-state index in [-0.39, 0.29) is 11.6 Å². The van der Waals surface area contributed by atoms with Crippen LogP contribution in [-0.2, 0) is 6.54 Å². The van der Waals surface area contributed by atoms with E-state index in [0.717, 1.165) is 5.56 Å². The third-order valence-electron chi connectivity index (χ3n) is 3.92. The maximum atomic E-state index is 12.7.